The lowest BCUT2D eigenvalue weighted by molar-refractivity contribution is 0.284. The fraction of sp³-hybridized carbons (Fsp3) is 0.355. The Morgan fingerprint density at radius 3 is 2.18 bits per heavy atom. The van der Waals surface area contributed by atoms with E-state index in [0.717, 1.165) is 61.1 Å². The molecular weight excluding hydrogens is 506 g/mol. The lowest BCUT2D eigenvalue weighted by atomic mass is 9.82. The predicted molar refractivity (Wildman–Crippen MR) is 158 cm³/mol. The molecule has 7 nitrogen and oxygen atoms in total. The molecule has 0 saturated heterocycles. The molecule has 2 N–H and O–H groups in total. The van der Waals surface area contributed by atoms with E-state index in [1.165, 1.54) is 5.56 Å². The highest BCUT2D eigenvalue weighted by Crippen LogP contribution is 2.30. The Morgan fingerprint density at radius 1 is 0.821 bits per heavy atom. The summed E-state index contributed by atoms with van der Waals surface area (Å²) in [6, 6.07) is 25.5. The molecule has 1 heterocycles. The molecule has 0 aliphatic heterocycles. The van der Waals surface area contributed by atoms with Crippen LogP contribution in [0.4, 0.5) is 11.8 Å². The molecule has 39 heavy (non-hydrogen) atoms. The summed E-state index contributed by atoms with van der Waals surface area (Å²) in [6.07, 6.45) is 4.12. The number of rotatable bonds is 10. The SMILES string of the molecule is Cc1ccc(S(=O)(=O)NC[C@H]2CC[C@H](CNc3nc(N(C)Cc4ccccc4)c4ccccc4n3)CC2)cc1. The van der Waals surface area contributed by atoms with Crippen molar-refractivity contribution in [2.24, 2.45) is 11.8 Å². The largest absolute Gasteiger partial charge is 0.355 e. The first-order chi connectivity index (χ1) is 18.9. The van der Waals surface area contributed by atoms with Crippen LogP contribution in [-0.2, 0) is 16.6 Å². The minimum absolute atomic E-state index is 0.329. The standard InChI is InChI=1S/C31H37N5O2S/c1-23-12-18-27(19-13-23)39(37,38)33-21-25-16-14-24(15-17-25)20-32-31-34-29-11-7-6-10-28(29)30(35-31)36(2)22-26-8-4-3-5-9-26/h3-13,18-19,24-25,33H,14-17,20-22H2,1-2H3,(H,32,34,35)/t24-,25-. The van der Waals surface area contributed by atoms with Crippen LogP contribution in [0.25, 0.3) is 10.9 Å². The third kappa shape index (κ3) is 6.94. The fourth-order valence-corrected chi connectivity index (χ4v) is 6.38. The number of hydrogen-bond donors (Lipinski definition) is 2. The predicted octanol–water partition coefficient (Wildman–Crippen LogP) is 5.77. The number of nitrogens with one attached hydrogen (secondary N) is 2. The highest BCUT2D eigenvalue weighted by Gasteiger charge is 2.24. The number of aryl methyl sites for hydroxylation is 1. The molecule has 4 aromatic rings. The van der Waals surface area contributed by atoms with Gasteiger partial charge < -0.3 is 10.2 Å². The Balaban J connectivity index is 1.16. The van der Waals surface area contributed by atoms with E-state index in [0.29, 0.717) is 29.2 Å². The third-order valence-corrected chi connectivity index (χ3v) is 9.06. The number of benzene rings is 3. The number of anilines is 2. The second-order valence-corrected chi connectivity index (χ2v) is 12.4. The minimum Gasteiger partial charge on any atom is -0.355 e. The van der Waals surface area contributed by atoms with Crippen molar-refractivity contribution in [3.8, 4) is 0 Å². The molecule has 1 aliphatic carbocycles. The molecule has 8 heteroatoms. The van der Waals surface area contributed by atoms with Crippen molar-refractivity contribution in [2.45, 2.75) is 44.0 Å². The summed E-state index contributed by atoms with van der Waals surface area (Å²) in [4.78, 5) is 12.2. The van der Waals surface area contributed by atoms with Gasteiger partial charge >= 0.3 is 0 Å². The maximum absolute atomic E-state index is 12.6. The van der Waals surface area contributed by atoms with Crippen LogP contribution in [0.15, 0.2) is 83.8 Å². The Kier molecular flexibility index (Phi) is 8.43. The molecule has 1 aliphatic rings. The van der Waals surface area contributed by atoms with Gasteiger partial charge in [-0.1, -0.05) is 60.2 Å². The highest BCUT2D eigenvalue weighted by atomic mass is 32.2. The van der Waals surface area contributed by atoms with E-state index in [-0.39, 0.29) is 0 Å². The van der Waals surface area contributed by atoms with Crippen LogP contribution in [0.3, 0.4) is 0 Å². The molecule has 0 unspecified atom stereocenters. The Morgan fingerprint density at radius 2 is 1.46 bits per heavy atom. The van der Waals surface area contributed by atoms with Crippen molar-refractivity contribution < 1.29 is 8.42 Å². The van der Waals surface area contributed by atoms with Crippen molar-refractivity contribution in [3.63, 3.8) is 0 Å². The highest BCUT2D eigenvalue weighted by molar-refractivity contribution is 7.89. The zero-order chi connectivity index (χ0) is 27.2. The van der Waals surface area contributed by atoms with E-state index in [1.807, 2.05) is 43.3 Å². The van der Waals surface area contributed by atoms with Gasteiger partial charge in [-0.05, 0) is 74.3 Å². The molecule has 1 aromatic heterocycles. The molecule has 0 amide bonds. The second-order valence-electron chi connectivity index (χ2n) is 10.7. The number of sulfonamides is 1. The van der Waals surface area contributed by atoms with Gasteiger partial charge in [0.1, 0.15) is 5.82 Å². The average molecular weight is 544 g/mol. The summed E-state index contributed by atoms with van der Waals surface area (Å²) in [7, 11) is -1.40. The second kappa shape index (κ2) is 12.1. The van der Waals surface area contributed by atoms with E-state index in [4.69, 9.17) is 9.97 Å². The summed E-state index contributed by atoms with van der Waals surface area (Å²) in [5, 5.41) is 4.54. The van der Waals surface area contributed by atoms with E-state index < -0.39 is 10.0 Å². The third-order valence-electron chi connectivity index (χ3n) is 7.62. The summed E-state index contributed by atoms with van der Waals surface area (Å²) in [5.74, 6) is 2.43. The molecule has 0 atom stereocenters. The van der Waals surface area contributed by atoms with Crippen molar-refractivity contribution in [1.82, 2.24) is 14.7 Å². The summed E-state index contributed by atoms with van der Waals surface area (Å²) < 4.78 is 28.1. The van der Waals surface area contributed by atoms with Gasteiger partial charge in [-0.15, -0.1) is 0 Å². The van der Waals surface area contributed by atoms with Crippen LogP contribution in [0.1, 0.15) is 36.8 Å². The smallest absolute Gasteiger partial charge is 0.240 e. The van der Waals surface area contributed by atoms with Crippen LogP contribution in [0.5, 0.6) is 0 Å². The lowest BCUT2D eigenvalue weighted by Gasteiger charge is -2.29. The topological polar surface area (TPSA) is 87.2 Å². The fourth-order valence-electron chi connectivity index (χ4n) is 5.27. The van der Waals surface area contributed by atoms with Gasteiger partial charge in [0.2, 0.25) is 16.0 Å². The molecule has 3 aromatic carbocycles. The maximum Gasteiger partial charge on any atom is 0.240 e. The maximum atomic E-state index is 12.6. The first-order valence-electron chi connectivity index (χ1n) is 13.7. The Hall–Kier alpha value is -3.49. The van der Waals surface area contributed by atoms with E-state index in [9.17, 15) is 8.42 Å². The number of nitrogens with zero attached hydrogens (tertiary/aromatic N) is 3. The van der Waals surface area contributed by atoms with Crippen LogP contribution < -0.4 is 14.9 Å². The molecule has 0 spiro atoms. The molecule has 1 saturated carbocycles. The van der Waals surface area contributed by atoms with Gasteiger partial charge in [-0.2, -0.15) is 4.98 Å². The van der Waals surface area contributed by atoms with Crippen LogP contribution in [0, 0.1) is 18.8 Å². The van der Waals surface area contributed by atoms with Crippen molar-refractivity contribution in [2.75, 3.05) is 30.4 Å². The minimum atomic E-state index is -3.47. The summed E-state index contributed by atoms with van der Waals surface area (Å²) >= 11 is 0. The quantitative estimate of drug-likeness (QED) is 0.264. The lowest BCUT2D eigenvalue weighted by Crippen LogP contribution is -2.32. The van der Waals surface area contributed by atoms with Gasteiger partial charge in [0, 0.05) is 32.1 Å². The number of para-hydroxylation sites is 1. The Labute approximate surface area is 231 Å². The van der Waals surface area contributed by atoms with Crippen molar-refractivity contribution >= 4 is 32.7 Å². The van der Waals surface area contributed by atoms with Gasteiger partial charge in [0.15, 0.2) is 0 Å². The first-order valence-corrected chi connectivity index (χ1v) is 15.2. The molecule has 5 rings (SSSR count). The van der Waals surface area contributed by atoms with Crippen LogP contribution in [-0.4, -0.2) is 38.5 Å². The first kappa shape index (κ1) is 27.1. The number of hydrogen-bond acceptors (Lipinski definition) is 6. The monoisotopic (exact) mass is 543 g/mol. The molecule has 1 fully saturated rings. The zero-order valence-electron chi connectivity index (χ0n) is 22.7. The summed E-state index contributed by atoms with van der Waals surface area (Å²) in [6.45, 7) is 4.01. The van der Waals surface area contributed by atoms with E-state index in [1.54, 1.807) is 12.1 Å². The Bertz CT molecular complexity index is 1480. The van der Waals surface area contributed by atoms with Crippen molar-refractivity contribution in [1.29, 1.82) is 0 Å². The van der Waals surface area contributed by atoms with Crippen molar-refractivity contribution in [3.05, 3.63) is 90.0 Å². The van der Waals surface area contributed by atoms with Crippen LogP contribution >= 0.6 is 0 Å². The van der Waals surface area contributed by atoms with E-state index >= 15 is 0 Å². The van der Waals surface area contributed by atoms with Gasteiger partial charge in [-0.25, -0.2) is 18.1 Å². The van der Waals surface area contributed by atoms with Crippen LogP contribution in [0.2, 0.25) is 0 Å². The molecular formula is C31H37N5O2S. The summed E-state index contributed by atoms with van der Waals surface area (Å²) in [5.41, 5.74) is 3.20. The normalized spacial score (nSPS) is 17.7. The zero-order valence-corrected chi connectivity index (χ0v) is 23.5. The van der Waals surface area contributed by atoms with Gasteiger partial charge in [0.05, 0.1) is 10.4 Å². The van der Waals surface area contributed by atoms with E-state index in [2.05, 4.69) is 52.3 Å². The molecule has 0 radical (unpaired) electrons. The number of fused-ring (bicyclic) bond motifs is 1. The average Bonchev–Trinajstić information content (AvgIpc) is 2.96. The van der Waals surface area contributed by atoms with Gasteiger partial charge in [-0.3, -0.25) is 0 Å². The molecule has 204 valence electrons. The van der Waals surface area contributed by atoms with Gasteiger partial charge in [0.25, 0.3) is 0 Å². The molecule has 0 bridgehead atoms. The number of aromatic nitrogens is 2.